The number of amides is 1. The Morgan fingerprint density at radius 2 is 1.90 bits per heavy atom. The Hall–Kier alpha value is -1.91. The van der Waals surface area contributed by atoms with Gasteiger partial charge in [-0.2, -0.15) is 0 Å². The number of rotatable bonds is 6. The van der Waals surface area contributed by atoms with Crippen molar-refractivity contribution in [1.29, 1.82) is 0 Å². The predicted octanol–water partition coefficient (Wildman–Crippen LogP) is 2.54. The van der Waals surface area contributed by atoms with Crippen molar-refractivity contribution < 1.29 is 19.1 Å². The fraction of sp³-hybridized carbons (Fsp3) is 0.467. The lowest BCUT2D eigenvalue weighted by molar-refractivity contribution is -0.143. The minimum atomic E-state index is -1.08. The second-order valence-electron chi connectivity index (χ2n) is 4.95. The van der Waals surface area contributed by atoms with Gasteiger partial charge in [0.25, 0.3) is 0 Å². The molecule has 0 spiro atoms. The maximum atomic E-state index is 13.6. The van der Waals surface area contributed by atoms with Crippen LogP contribution in [-0.2, 0) is 9.59 Å². The number of carbonyl (C=O) groups excluding carboxylic acids is 1. The number of hydrogen-bond donors (Lipinski definition) is 2. The molecule has 4 nitrogen and oxygen atoms in total. The Bertz CT molecular complexity index is 490. The van der Waals surface area contributed by atoms with Crippen molar-refractivity contribution in [3.05, 3.63) is 35.6 Å². The van der Waals surface area contributed by atoms with Crippen LogP contribution in [0.4, 0.5) is 4.39 Å². The average Bonchev–Trinajstić information content (AvgIpc) is 2.43. The zero-order chi connectivity index (χ0) is 15.3. The molecule has 1 aromatic carbocycles. The topological polar surface area (TPSA) is 66.4 Å². The van der Waals surface area contributed by atoms with Crippen LogP contribution in [0.15, 0.2) is 24.3 Å². The van der Waals surface area contributed by atoms with Gasteiger partial charge < -0.3 is 10.4 Å². The Balaban J connectivity index is 2.84. The molecular weight excluding hydrogens is 261 g/mol. The molecule has 0 aliphatic heterocycles. The molecule has 0 fully saturated rings. The standard InChI is InChI=1S/C15H20FNO3/c1-4-9(2)13(15(19)20)17-14(18)10(3)11-7-5-6-8-12(11)16/h5-10,13H,4H2,1-3H3,(H,17,18)(H,19,20)/t9-,10+,13-/m0/s1. The highest BCUT2D eigenvalue weighted by Crippen LogP contribution is 2.19. The monoisotopic (exact) mass is 281 g/mol. The van der Waals surface area contributed by atoms with Crippen LogP contribution in [0.25, 0.3) is 0 Å². The molecule has 5 heteroatoms. The summed E-state index contributed by atoms with van der Waals surface area (Å²) in [5.74, 6) is -2.95. The van der Waals surface area contributed by atoms with E-state index in [1.807, 2.05) is 6.92 Å². The van der Waals surface area contributed by atoms with E-state index in [2.05, 4.69) is 5.32 Å². The first-order valence-electron chi connectivity index (χ1n) is 6.66. The highest BCUT2D eigenvalue weighted by atomic mass is 19.1. The van der Waals surface area contributed by atoms with Gasteiger partial charge in [0.15, 0.2) is 0 Å². The molecule has 1 rings (SSSR count). The van der Waals surface area contributed by atoms with Gasteiger partial charge in [0, 0.05) is 0 Å². The van der Waals surface area contributed by atoms with E-state index in [0.717, 1.165) is 0 Å². The minimum Gasteiger partial charge on any atom is -0.480 e. The van der Waals surface area contributed by atoms with Crippen LogP contribution in [0, 0.1) is 11.7 Å². The molecule has 0 bridgehead atoms. The lowest BCUT2D eigenvalue weighted by Crippen LogP contribution is -2.46. The first-order valence-corrected chi connectivity index (χ1v) is 6.66. The number of benzene rings is 1. The summed E-state index contributed by atoms with van der Waals surface area (Å²) in [5.41, 5.74) is 0.262. The number of aliphatic carboxylic acids is 1. The summed E-state index contributed by atoms with van der Waals surface area (Å²) in [4.78, 5) is 23.3. The van der Waals surface area contributed by atoms with Gasteiger partial charge in [-0.05, 0) is 24.5 Å². The normalized spacial score (nSPS) is 15.2. The van der Waals surface area contributed by atoms with Crippen LogP contribution >= 0.6 is 0 Å². The van der Waals surface area contributed by atoms with Crippen molar-refractivity contribution in [3.8, 4) is 0 Å². The number of nitrogens with one attached hydrogen (secondary N) is 1. The molecular formula is C15H20FNO3. The number of carbonyl (C=O) groups is 2. The van der Waals surface area contributed by atoms with E-state index in [1.165, 1.54) is 12.1 Å². The molecule has 0 aromatic heterocycles. The van der Waals surface area contributed by atoms with E-state index >= 15 is 0 Å². The molecule has 0 heterocycles. The van der Waals surface area contributed by atoms with Gasteiger partial charge in [0.1, 0.15) is 11.9 Å². The maximum absolute atomic E-state index is 13.6. The summed E-state index contributed by atoms with van der Waals surface area (Å²) in [6.07, 6.45) is 0.630. The zero-order valence-electron chi connectivity index (χ0n) is 11.9. The Kier molecular flexibility index (Phi) is 5.67. The third-order valence-corrected chi connectivity index (χ3v) is 3.54. The molecule has 0 radical (unpaired) electrons. The van der Waals surface area contributed by atoms with Gasteiger partial charge in [0.2, 0.25) is 5.91 Å². The predicted molar refractivity (Wildman–Crippen MR) is 73.8 cm³/mol. The van der Waals surface area contributed by atoms with Crippen molar-refractivity contribution in [2.75, 3.05) is 0 Å². The van der Waals surface area contributed by atoms with E-state index in [-0.39, 0.29) is 11.5 Å². The molecule has 20 heavy (non-hydrogen) atoms. The molecule has 1 amide bonds. The molecule has 3 atom stereocenters. The van der Waals surface area contributed by atoms with E-state index in [4.69, 9.17) is 5.11 Å². The van der Waals surface area contributed by atoms with Gasteiger partial charge in [-0.1, -0.05) is 38.5 Å². The average molecular weight is 281 g/mol. The summed E-state index contributed by atoms with van der Waals surface area (Å²) in [6.45, 7) is 5.17. The van der Waals surface area contributed by atoms with Crippen molar-refractivity contribution >= 4 is 11.9 Å². The summed E-state index contributed by atoms with van der Waals surface area (Å²) in [5, 5.41) is 11.6. The number of halogens is 1. The Morgan fingerprint density at radius 1 is 1.30 bits per heavy atom. The first-order chi connectivity index (χ1) is 9.38. The van der Waals surface area contributed by atoms with Crippen LogP contribution in [0.3, 0.4) is 0 Å². The number of carboxylic acids is 1. The van der Waals surface area contributed by atoms with Gasteiger partial charge in [-0.25, -0.2) is 9.18 Å². The lowest BCUT2D eigenvalue weighted by Gasteiger charge is -2.22. The third kappa shape index (κ3) is 3.79. The summed E-state index contributed by atoms with van der Waals surface area (Å²) < 4.78 is 13.6. The van der Waals surface area contributed by atoms with Crippen molar-refractivity contribution in [2.24, 2.45) is 5.92 Å². The van der Waals surface area contributed by atoms with Crippen LogP contribution in [0.5, 0.6) is 0 Å². The van der Waals surface area contributed by atoms with Crippen molar-refractivity contribution in [2.45, 2.75) is 39.2 Å². The summed E-state index contributed by atoms with van der Waals surface area (Å²) in [6, 6.07) is 5.04. The largest absolute Gasteiger partial charge is 0.480 e. The molecule has 2 N–H and O–H groups in total. The molecule has 0 unspecified atom stereocenters. The highest BCUT2D eigenvalue weighted by Gasteiger charge is 2.28. The van der Waals surface area contributed by atoms with Crippen molar-refractivity contribution in [1.82, 2.24) is 5.32 Å². The molecule has 1 aromatic rings. The Labute approximate surface area is 118 Å². The van der Waals surface area contributed by atoms with E-state index in [1.54, 1.807) is 26.0 Å². The summed E-state index contributed by atoms with van der Waals surface area (Å²) >= 11 is 0. The number of hydrogen-bond acceptors (Lipinski definition) is 2. The quantitative estimate of drug-likeness (QED) is 0.842. The van der Waals surface area contributed by atoms with E-state index in [0.29, 0.717) is 6.42 Å². The van der Waals surface area contributed by atoms with Crippen molar-refractivity contribution in [3.63, 3.8) is 0 Å². The van der Waals surface area contributed by atoms with Crippen LogP contribution in [0.2, 0.25) is 0 Å². The SMILES string of the molecule is CC[C@H](C)[C@H](NC(=O)[C@H](C)c1ccccc1F)C(=O)O. The molecule has 110 valence electrons. The second-order valence-corrected chi connectivity index (χ2v) is 4.95. The van der Waals surface area contributed by atoms with Gasteiger partial charge >= 0.3 is 5.97 Å². The van der Waals surface area contributed by atoms with Gasteiger partial charge in [0.05, 0.1) is 5.92 Å². The smallest absolute Gasteiger partial charge is 0.326 e. The van der Waals surface area contributed by atoms with Crippen LogP contribution in [-0.4, -0.2) is 23.0 Å². The molecule has 0 aliphatic carbocycles. The first kappa shape index (κ1) is 16.1. The Morgan fingerprint density at radius 3 is 2.40 bits per heavy atom. The second kappa shape index (κ2) is 7.03. The molecule has 0 saturated carbocycles. The van der Waals surface area contributed by atoms with Crippen LogP contribution < -0.4 is 5.32 Å². The third-order valence-electron chi connectivity index (χ3n) is 3.54. The van der Waals surface area contributed by atoms with Gasteiger partial charge in [-0.15, -0.1) is 0 Å². The summed E-state index contributed by atoms with van der Waals surface area (Å²) in [7, 11) is 0. The fourth-order valence-electron chi connectivity index (χ4n) is 1.93. The number of carboxylic acid groups (broad SMARTS) is 1. The molecule has 0 saturated heterocycles. The molecule has 0 aliphatic rings. The lowest BCUT2D eigenvalue weighted by atomic mass is 9.96. The van der Waals surface area contributed by atoms with Gasteiger partial charge in [-0.3, -0.25) is 4.79 Å². The van der Waals surface area contributed by atoms with Crippen LogP contribution in [0.1, 0.15) is 38.7 Å². The maximum Gasteiger partial charge on any atom is 0.326 e. The van der Waals surface area contributed by atoms with E-state index in [9.17, 15) is 14.0 Å². The van der Waals surface area contributed by atoms with E-state index < -0.39 is 29.7 Å². The fourth-order valence-corrected chi connectivity index (χ4v) is 1.93. The minimum absolute atomic E-state index is 0.190. The zero-order valence-corrected chi connectivity index (χ0v) is 11.9. The highest BCUT2D eigenvalue weighted by molar-refractivity contribution is 5.88.